The van der Waals surface area contributed by atoms with Crippen molar-refractivity contribution in [1.82, 2.24) is 19.7 Å². The molecule has 4 rings (SSSR count). The third-order valence-electron chi connectivity index (χ3n) is 7.08. The molecule has 3 unspecified atom stereocenters. The lowest BCUT2D eigenvalue weighted by atomic mass is 9.80. The van der Waals surface area contributed by atoms with Crippen LogP contribution >= 0.6 is 7.75 Å². The Morgan fingerprint density at radius 1 is 1.18 bits per heavy atom. The zero-order chi connectivity index (χ0) is 33.2. The largest absolute Gasteiger partial charge is 0.462 e. The first-order valence-electron chi connectivity index (χ1n) is 14.2. The maximum Gasteiger partial charge on any atom is 0.459 e. The predicted octanol–water partition coefficient (Wildman–Crippen LogP) is 2.88. The Hall–Kier alpha value is -4.06. The van der Waals surface area contributed by atoms with Crippen LogP contribution in [0.2, 0.25) is 0 Å². The van der Waals surface area contributed by atoms with E-state index in [1.165, 1.54) is 42.9 Å². The van der Waals surface area contributed by atoms with E-state index >= 15 is 0 Å². The summed E-state index contributed by atoms with van der Waals surface area (Å²) in [5, 5.41) is 29.3. The van der Waals surface area contributed by atoms with Gasteiger partial charge in [0.05, 0.1) is 24.3 Å². The lowest BCUT2D eigenvalue weighted by molar-refractivity contribution is -0.168. The van der Waals surface area contributed by atoms with E-state index in [2.05, 4.69) is 15.2 Å². The van der Waals surface area contributed by atoms with Gasteiger partial charge in [0.2, 0.25) is 5.60 Å². The van der Waals surface area contributed by atoms with Crippen LogP contribution in [0, 0.1) is 17.2 Å². The number of benzene rings is 1. The summed E-state index contributed by atoms with van der Waals surface area (Å²) in [6, 6.07) is 12.0. The molecule has 0 saturated carbocycles. The molecule has 242 valence electrons. The molecule has 1 aromatic carbocycles. The summed E-state index contributed by atoms with van der Waals surface area (Å²) in [6.45, 7) is 8.60. The molecule has 1 aliphatic rings. The van der Waals surface area contributed by atoms with Gasteiger partial charge in [-0.3, -0.25) is 14.1 Å². The van der Waals surface area contributed by atoms with Crippen molar-refractivity contribution in [2.75, 3.05) is 12.3 Å². The number of fused-ring (bicyclic) bond motifs is 1. The van der Waals surface area contributed by atoms with Gasteiger partial charge in [-0.2, -0.15) is 15.4 Å². The number of nitrogens with zero attached hydrogens (tertiary/aromatic N) is 4. The topological polar surface area (TPSA) is 210 Å². The van der Waals surface area contributed by atoms with E-state index in [0.29, 0.717) is 5.52 Å². The molecule has 3 aromatic rings. The monoisotopic (exact) mass is 644 g/mol. The molecule has 15 nitrogen and oxygen atoms in total. The Balaban J connectivity index is 1.72. The van der Waals surface area contributed by atoms with Gasteiger partial charge in [-0.25, -0.2) is 14.1 Å². The highest BCUT2D eigenvalue weighted by Crippen LogP contribution is 2.51. The summed E-state index contributed by atoms with van der Waals surface area (Å²) in [7, 11) is -4.40. The molecular weight excluding hydrogens is 607 g/mol. The number of nitrogens with two attached hydrogens (primary N) is 1. The van der Waals surface area contributed by atoms with Crippen LogP contribution in [-0.2, 0) is 38.5 Å². The summed E-state index contributed by atoms with van der Waals surface area (Å²) < 4.78 is 44.0. The third-order valence-corrected chi connectivity index (χ3v) is 8.73. The van der Waals surface area contributed by atoms with Crippen LogP contribution in [0.5, 0.6) is 5.75 Å². The number of nitrogens with one attached hydrogen (secondary N) is 1. The highest BCUT2D eigenvalue weighted by atomic mass is 31.2. The number of nitrogen functional groups attached to an aromatic ring is 1. The first-order chi connectivity index (χ1) is 21.1. The van der Waals surface area contributed by atoms with Crippen LogP contribution in [-0.4, -0.2) is 68.2 Å². The normalized spacial score (nSPS) is 25.1. The van der Waals surface area contributed by atoms with Crippen molar-refractivity contribution in [3.8, 4) is 11.8 Å². The quantitative estimate of drug-likeness (QED) is 0.191. The van der Waals surface area contributed by atoms with Crippen LogP contribution in [0.15, 0.2) is 48.8 Å². The van der Waals surface area contributed by atoms with Crippen molar-refractivity contribution in [2.45, 2.75) is 77.1 Å². The Morgan fingerprint density at radius 2 is 1.87 bits per heavy atom. The molecule has 6 atom stereocenters. The van der Waals surface area contributed by atoms with Gasteiger partial charge in [-0.1, -0.05) is 32.0 Å². The maximum absolute atomic E-state index is 14.1. The van der Waals surface area contributed by atoms with Gasteiger partial charge < -0.3 is 29.6 Å². The van der Waals surface area contributed by atoms with Gasteiger partial charge in [-0.15, -0.1) is 0 Å². The second-order valence-corrected chi connectivity index (χ2v) is 13.0. The molecule has 1 aliphatic heterocycles. The van der Waals surface area contributed by atoms with Gasteiger partial charge in [0.15, 0.2) is 11.9 Å². The van der Waals surface area contributed by atoms with E-state index in [-0.39, 0.29) is 17.3 Å². The predicted molar refractivity (Wildman–Crippen MR) is 159 cm³/mol. The van der Waals surface area contributed by atoms with Crippen molar-refractivity contribution in [3.05, 3.63) is 54.5 Å². The minimum atomic E-state index is -4.40. The van der Waals surface area contributed by atoms with Crippen LogP contribution < -0.4 is 15.3 Å². The fourth-order valence-corrected chi connectivity index (χ4v) is 6.29. The van der Waals surface area contributed by atoms with E-state index in [1.54, 1.807) is 52.0 Å². The van der Waals surface area contributed by atoms with Gasteiger partial charge in [0.1, 0.15) is 41.4 Å². The number of carbonyl (C=O) groups is 2. The third kappa shape index (κ3) is 6.80. The molecule has 4 N–H and O–H groups in total. The molecule has 3 heterocycles. The van der Waals surface area contributed by atoms with Gasteiger partial charge in [-0.05, 0) is 52.0 Å². The van der Waals surface area contributed by atoms with Gasteiger partial charge in [0.25, 0.3) is 0 Å². The molecule has 0 aliphatic carbocycles. The van der Waals surface area contributed by atoms with E-state index in [4.69, 9.17) is 29.0 Å². The molecule has 1 saturated heterocycles. The van der Waals surface area contributed by atoms with E-state index in [1.807, 2.05) is 6.07 Å². The fourth-order valence-electron chi connectivity index (χ4n) is 4.79. The summed E-state index contributed by atoms with van der Waals surface area (Å²) >= 11 is 0. The number of anilines is 1. The molecule has 2 aromatic heterocycles. The number of ether oxygens (including phenoxy) is 3. The van der Waals surface area contributed by atoms with Crippen molar-refractivity contribution in [2.24, 2.45) is 5.92 Å². The van der Waals surface area contributed by atoms with Crippen LogP contribution in [0.25, 0.3) is 5.52 Å². The number of rotatable bonds is 12. The molecular formula is C29H37N6O9P. The molecule has 0 radical (unpaired) electrons. The van der Waals surface area contributed by atoms with E-state index in [0.717, 1.165) is 0 Å². The Labute approximate surface area is 260 Å². The standard InChI is InChI=1S/C29H37N6O9P/c1-17(2)26(36)42-24-22(43-29(15-30,28(24,6)38)23-13-12-21-25(31)32-16-33-35(21)23)14-40-45(39,44-20-10-8-7-9-11-20)34-19(5)27(37)41-18(3)4/h7-13,16-19,22,24,38H,14H2,1-6H3,(H,34,39)(H2,31,32,33)/t19?,22?,24?,28-,29+,45+/m1/s1. The minimum absolute atomic E-state index is 0.0686. The maximum atomic E-state index is 14.1. The lowest BCUT2D eigenvalue weighted by Crippen LogP contribution is -2.54. The summed E-state index contributed by atoms with van der Waals surface area (Å²) in [4.78, 5) is 29.3. The fraction of sp³-hybridized carbons (Fsp3) is 0.483. The average molecular weight is 645 g/mol. The lowest BCUT2D eigenvalue weighted by Gasteiger charge is -2.34. The molecule has 0 bridgehead atoms. The Morgan fingerprint density at radius 3 is 2.49 bits per heavy atom. The summed E-state index contributed by atoms with van der Waals surface area (Å²) in [5.41, 5.74) is 1.99. The average Bonchev–Trinajstić information content (AvgIpc) is 3.50. The highest BCUT2D eigenvalue weighted by molar-refractivity contribution is 7.52. The van der Waals surface area contributed by atoms with Crippen molar-refractivity contribution < 1.29 is 42.5 Å². The smallest absolute Gasteiger partial charge is 0.459 e. The number of para-hydroxylation sites is 1. The van der Waals surface area contributed by atoms with Crippen molar-refractivity contribution >= 4 is 31.0 Å². The number of nitriles is 1. The van der Waals surface area contributed by atoms with Gasteiger partial charge >= 0.3 is 19.7 Å². The first-order valence-corrected chi connectivity index (χ1v) is 15.8. The second-order valence-electron chi connectivity index (χ2n) is 11.3. The number of hydrogen-bond acceptors (Lipinski definition) is 13. The zero-order valence-electron chi connectivity index (χ0n) is 25.7. The Bertz CT molecular complexity index is 1620. The minimum Gasteiger partial charge on any atom is -0.462 e. The van der Waals surface area contributed by atoms with Crippen LogP contribution in [0.1, 0.15) is 47.2 Å². The molecule has 45 heavy (non-hydrogen) atoms. The number of carbonyl (C=O) groups excluding carboxylic acids is 2. The summed E-state index contributed by atoms with van der Waals surface area (Å²) in [5.74, 6) is -1.74. The second kappa shape index (κ2) is 13.1. The van der Waals surface area contributed by atoms with Crippen LogP contribution in [0.4, 0.5) is 5.82 Å². The molecule has 16 heteroatoms. The van der Waals surface area contributed by atoms with Crippen LogP contribution in [0.3, 0.4) is 0 Å². The molecule has 0 spiro atoms. The molecule has 0 amide bonds. The Kier molecular flexibility index (Phi) is 9.86. The number of hydrogen-bond donors (Lipinski definition) is 3. The first kappa shape index (κ1) is 33.8. The van der Waals surface area contributed by atoms with E-state index in [9.17, 15) is 24.5 Å². The van der Waals surface area contributed by atoms with Gasteiger partial charge in [0, 0.05) is 0 Å². The summed E-state index contributed by atoms with van der Waals surface area (Å²) in [6.07, 6.45) is -2.15. The highest BCUT2D eigenvalue weighted by Gasteiger charge is 2.67. The van der Waals surface area contributed by atoms with E-state index < -0.39 is 67.8 Å². The number of esters is 2. The number of aliphatic hydroxyl groups is 1. The number of aromatic nitrogens is 3. The molecule has 1 fully saturated rings. The zero-order valence-corrected chi connectivity index (χ0v) is 26.6. The SMILES string of the molecule is CC(C)OC(=O)C(C)N[P@](=O)(OCC1O[C@@](C#N)(c2ccc3c(N)ncnn23)[C@](C)(O)C1OC(=O)C(C)C)Oc1ccccc1. The van der Waals surface area contributed by atoms with Crippen molar-refractivity contribution in [3.63, 3.8) is 0 Å². The van der Waals surface area contributed by atoms with Crippen molar-refractivity contribution in [1.29, 1.82) is 5.26 Å².